The zero-order valence-corrected chi connectivity index (χ0v) is 8.48. The molecular weight excluding hydrogens is 152 g/mol. The van der Waals surface area contributed by atoms with Crippen molar-refractivity contribution >= 4 is 5.91 Å². The molecule has 3 nitrogen and oxygen atoms in total. The lowest BCUT2D eigenvalue weighted by Crippen LogP contribution is -2.42. The Balaban J connectivity index is 4.07. The van der Waals surface area contributed by atoms with Gasteiger partial charge in [-0.3, -0.25) is 4.79 Å². The molecule has 0 heterocycles. The van der Waals surface area contributed by atoms with Crippen LogP contribution < -0.4 is 11.1 Å². The zero-order valence-electron chi connectivity index (χ0n) is 8.48. The van der Waals surface area contributed by atoms with Gasteiger partial charge in [0.25, 0.3) is 0 Å². The topological polar surface area (TPSA) is 55.1 Å². The second-order valence-electron chi connectivity index (χ2n) is 3.92. The van der Waals surface area contributed by atoms with E-state index in [0.717, 1.165) is 0 Å². The molecule has 0 aliphatic rings. The molecule has 0 spiro atoms. The first-order chi connectivity index (χ1) is 5.42. The summed E-state index contributed by atoms with van der Waals surface area (Å²) in [6.07, 6.45) is 0. The molecule has 0 bridgehead atoms. The van der Waals surface area contributed by atoms with E-state index >= 15 is 0 Å². The molecule has 0 aromatic heterocycles. The molecule has 0 radical (unpaired) electrons. The van der Waals surface area contributed by atoms with Gasteiger partial charge >= 0.3 is 0 Å². The minimum atomic E-state index is -0.296. The van der Waals surface area contributed by atoms with Gasteiger partial charge in [0.15, 0.2) is 0 Å². The van der Waals surface area contributed by atoms with Crippen molar-refractivity contribution in [1.29, 1.82) is 0 Å². The first-order valence-electron chi connectivity index (χ1n) is 4.41. The van der Waals surface area contributed by atoms with E-state index in [-0.39, 0.29) is 11.3 Å². The molecule has 0 fully saturated rings. The van der Waals surface area contributed by atoms with Crippen molar-refractivity contribution in [2.75, 3.05) is 13.1 Å². The Bertz CT molecular complexity index is 153. The molecule has 0 rings (SSSR count). The molecule has 0 unspecified atom stereocenters. The summed E-state index contributed by atoms with van der Waals surface area (Å²) in [5.41, 5.74) is 4.99. The largest absolute Gasteiger partial charge is 0.354 e. The second kappa shape index (κ2) is 4.45. The van der Waals surface area contributed by atoms with Crippen LogP contribution in [0.3, 0.4) is 0 Å². The molecule has 0 saturated heterocycles. The predicted octanol–water partition coefficient (Wildman–Crippen LogP) is 0.744. The highest BCUT2D eigenvalue weighted by atomic mass is 16.2. The Morgan fingerprint density at radius 3 is 2.33 bits per heavy atom. The van der Waals surface area contributed by atoms with Crippen LogP contribution in [0.25, 0.3) is 0 Å². The average Bonchev–Trinajstić information content (AvgIpc) is 1.99. The van der Waals surface area contributed by atoms with Crippen LogP contribution in [0, 0.1) is 11.3 Å². The van der Waals surface area contributed by atoms with Crippen LogP contribution >= 0.6 is 0 Å². The van der Waals surface area contributed by atoms with Gasteiger partial charge in [-0.2, -0.15) is 0 Å². The monoisotopic (exact) mass is 172 g/mol. The summed E-state index contributed by atoms with van der Waals surface area (Å²) in [6, 6.07) is 0. The average molecular weight is 172 g/mol. The molecule has 0 aromatic carbocycles. The van der Waals surface area contributed by atoms with Gasteiger partial charge in [0, 0.05) is 18.5 Å². The van der Waals surface area contributed by atoms with Crippen molar-refractivity contribution in [2.24, 2.45) is 17.1 Å². The third-order valence-electron chi connectivity index (χ3n) is 2.46. The number of hydrogen-bond donors (Lipinski definition) is 2. The van der Waals surface area contributed by atoms with Crippen LogP contribution in [0.2, 0.25) is 0 Å². The predicted molar refractivity (Wildman–Crippen MR) is 50.7 cm³/mol. The molecule has 12 heavy (non-hydrogen) atoms. The maximum absolute atomic E-state index is 11.5. The SMILES string of the molecule is CC(C)C(C)(C)C(=O)NCCN. The van der Waals surface area contributed by atoms with E-state index in [1.165, 1.54) is 0 Å². The maximum Gasteiger partial charge on any atom is 0.225 e. The van der Waals surface area contributed by atoms with E-state index in [1.807, 2.05) is 27.7 Å². The smallest absolute Gasteiger partial charge is 0.225 e. The van der Waals surface area contributed by atoms with Crippen molar-refractivity contribution in [3.05, 3.63) is 0 Å². The first-order valence-corrected chi connectivity index (χ1v) is 4.41. The molecule has 0 atom stereocenters. The standard InChI is InChI=1S/C9H20N2O/c1-7(2)9(3,4)8(12)11-6-5-10/h7H,5-6,10H2,1-4H3,(H,11,12). The molecule has 0 saturated carbocycles. The highest BCUT2D eigenvalue weighted by Crippen LogP contribution is 2.25. The number of carbonyl (C=O) groups excluding carboxylic acids is 1. The summed E-state index contributed by atoms with van der Waals surface area (Å²) >= 11 is 0. The van der Waals surface area contributed by atoms with Gasteiger partial charge in [0.05, 0.1) is 0 Å². The summed E-state index contributed by atoms with van der Waals surface area (Å²) < 4.78 is 0. The number of amides is 1. The van der Waals surface area contributed by atoms with E-state index in [0.29, 0.717) is 19.0 Å². The number of rotatable bonds is 4. The van der Waals surface area contributed by atoms with Gasteiger partial charge in [-0.05, 0) is 5.92 Å². The molecular formula is C9H20N2O. The van der Waals surface area contributed by atoms with E-state index in [4.69, 9.17) is 5.73 Å². The lowest BCUT2D eigenvalue weighted by molar-refractivity contribution is -0.131. The lowest BCUT2D eigenvalue weighted by Gasteiger charge is -2.27. The second-order valence-corrected chi connectivity index (χ2v) is 3.92. The van der Waals surface area contributed by atoms with Crippen LogP contribution in [0.15, 0.2) is 0 Å². The Morgan fingerprint density at radius 2 is 2.00 bits per heavy atom. The third kappa shape index (κ3) is 2.81. The Hall–Kier alpha value is -0.570. The van der Waals surface area contributed by atoms with Gasteiger partial charge in [-0.1, -0.05) is 27.7 Å². The normalized spacial score (nSPS) is 11.8. The van der Waals surface area contributed by atoms with E-state index in [2.05, 4.69) is 5.32 Å². The molecule has 0 aliphatic carbocycles. The van der Waals surface area contributed by atoms with Crippen LogP contribution in [-0.2, 0) is 4.79 Å². The third-order valence-corrected chi connectivity index (χ3v) is 2.46. The van der Waals surface area contributed by atoms with E-state index < -0.39 is 0 Å². The van der Waals surface area contributed by atoms with Crippen LogP contribution in [0.4, 0.5) is 0 Å². The number of nitrogens with one attached hydrogen (secondary N) is 1. The Labute approximate surface area is 74.7 Å². The lowest BCUT2D eigenvalue weighted by atomic mass is 9.80. The minimum absolute atomic E-state index is 0.0861. The molecule has 3 N–H and O–H groups in total. The summed E-state index contributed by atoms with van der Waals surface area (Å²) in [6.45, 7) is 9.05. The van der Waals surface area contributed by atoms with E-state index in [9.17, 15) is 4.79 Å². The van der Waals surface area contributed by atoms with Crippen molar-refractivity contribution in [1.82, 2.24) is 5.32 Å². The van der Waals surface area contributed by atoms with Crippen molar-refractivity contribution in [3.63, 3.8) is 0 Å². The molecule has 72 valence electrons. The number of carbonyl (C=O) groups is 1. The summed E-state index contributed by atoms with van der Waals surface area (Å²) in [4.78, 5) is 11.5. The first kappa shape index (κ1) is 11.4. The van der Waals surface area contributed by atoms with Gasteiger partial charge in [-0.15, -0.1) is 0 Å². The van der Waals surface area contributed by atoms with Gasteiger partial charge in [-0.25, -0.2) is 0 Å². The van der Waals surface area contributed by atoms with Crippen molar-refractivity contribution in [3.8, 4) is 0 Å². The van der Waals surface area contributed by atoms with Crippen LogP contribution in [0.5, 0.6) is 0 Å². The van der Waals surface area contributed by atoms with Gasteiger partial charge < -0.3 is 11.1 Å². The summed E-state index contributed by atoms with van der Waals surface area (Å²) in [7, 11) is 0. The number of nitrogens with two attached hydrogens (primary N) is 1. The minimum Gasteiger partial charge on any atom is -0.354 e. The van der Waals surface area contributed by atoms with Crippen molar-refractivity contribution in [2.45, 2.75) is 27.7 Å². The van der Waals surface area contributed by atoms with Crippen molar-refractivity contribution < 1.29 is 4.79 Å². The van der Waals surface area contributed by atoms with E-state index in [1.54, 1.807) is 0 Å². The fourth-order valence-electron chi connectivity index (χ4n) is 0.676. The highest BCUT2D eigenvalue weighted by Gasteiger charge is 2.30. The highest BCUT2D eigenvalue weighted by molar-refractivity contribution is 5.81. The van der Waals surface area contributed by atoms with Crippen LogP contribution in [-0.4, -0.2) is 19.0 Å². The van der Waals surface area contributed by atoms with Gasteiger partial charge in [0.1, 0.15) is 0 Å². The fraction of sp³-hybridized carbons (Fsp3) is 0.889. The van der Waals surface area contributed by atoms with Gasteiger partial charge in [0.2, 0.25) is 5.91 Å². The zero-order chi connectivity index (χ0) is 9.78. The molecule has 0 aliphatic heterocycles. The number of hydrogen-bond acceptors (Lipinski definition) is 2. The molecule has 0 aromatic rings. The summed E-state index contributed by atoms with van der Waals surface area (Å²) in [5, 5.41) is 2.79. The van der Waals surface area contributed by atoms with Crippen LogP contribution in [0.1, 0.15) is 27.7 Å². The fourth-order valence-corrected chi connectivity index (χ4v) is 0.676. The molecule has 1 amide bonds. The Kier molecular flexibility index (Phi) is 4.24. The molecule has 3 heteroatoms. The Morgan fingerprint density at radius 1 is 1.50 bits per heavy atom. The quantitative estimate of drug-likeness (QED) is 0.657. The maximum atomic E-state index is 11.5. The summed E-state index contributed by atoms with van der Waals surface area (Å²) in [5.74, 6) is 0.429.